The average Bonchev–Trinajstić information content (AvgIpc) is 2.61. The van der Waals surface area contributed by atoms with E-state index in [0.29, 0.717) is 22.6 Å². The summed E-state index contributed by atoms with van der Waals surface area (Å²) in [5.74, 6) is 0.393. The quantitative estimate of drug-likeness (QED) is 0.846. The Morgan fingerprint density at radius 3 is 2.29 bits per heavy atom. The maximum Gasteiger partial charge on any atom is 0.251 e. The molecule has 0 aliphatic heterocycles. The van der Waals surface area contributed by atoms with Crippen LogP contribution in [0.5, 0.6) is 11.5 Å². The van der Waals surface area contributed by atoms with Gasteiger partial charge in [-0.1, -0.05) is 12.1 Å². The van der Waals surface area contributed by atoms with E-state index in [4.69, 9.17) is 14.2 Å². The zero-order valence-corrected chi connectivity index (χ0v) is 13.8. The fourth-order valence-corrected chi connectivity index (χ4v) is 2.27. The number of amides is 1. The number of hydrogen-bond donors (Lipinski definition) is 1. The van der Waals surface area contributed by atoms with Crippen molar-refractivity contribution in [1.29, 1.82) is 0 Å². The molecule has 1 amide bonds. The van der Waals surface area contributed by atoms with Crippen molar-refractivity contribution in [2.45, 2.75) is 6.10 Å². The van der Waals surface area contributed by atoms with Crippen LogP contribution in [0.4, 0.5) is 4.39 Å². The first-order valence-electron chi connectivity index (χ1n) is 7.37. The number of halogens is 1. The minimum Gasteiger partial charge on any atom is -0.497 e. The van der Waals surface area contributed by atoms with E-state index in [9.17, 15) is 9.18 Å². The molecule has 0 aliphatic rings. The van der Waals surface area contributed by atoms with Crippen molar-refractivity contribution in [2.75, 3.05) is 27.9 Å². The van der Waals surface area contributed by atoms with E-state index in [1.165, 1.54) is 33.5 Å². The van der Waals surface area contributed by atoms with Crippen molar-refractivity contribution in [3.63, 3.8) is 0 Å². The largest absolute Gasteiger partial charge is 0.497 e. The SMILES string of the molecule is COc1cc(OC)cc(C(=O)NCC(OC)c2cccc(F)c2)c1. The lowest BCUT2D eigenvalue weighted by Crippen LogP contribution is -2.29. The van der Waals surface area contributed by atoms with Crippen LogP contribution in [0.1, 0.15) is 22.0 Å². The van der Waals surface area contributed by atoms with Gasteiger partial charge in [-0.05, 0) is 29.8 Å². The maximum atomic E-state index is 13.3. The molecule has 0 spiro atoms. The molecule has 0 aromatic heterocycles. The van der Waals surface area contributed by atoms with Crippen LogP contribution in [0.15, 0.2) is 42.5 Å². The monoisotopic (exact) mass is 333 g/mol. The minimum atomic E-state index is -0.447. The highest BCUT2D eigenvalue weighted by Gasteiger charge is 2.15. The van der Waals surface area contributed by atoms with Gasteiger partial charge in [-0.2, -0.15) is 0 Å². The van der Waals surface area contributed by atoms with Crippen LogP contribution in [0.25, 0.3) is 0 Å². The molecule has 5 nitrogen and oxygen atoms in total. The molecular formula is C18H20FNO4. The highest BCUT2D eigenvalue weighted by Crippen LogP contribution is 2.23. The van der Waals surface area contributed by atoms with Crippen LogP contribution in [0, 0.1) is 5.82 Å². The lowest BCUT2D eigenvalue weighted by Gasteiger charge is -2.17. The summed E-state index contributed by atoms with van der Waals surface area (Å²) in [6, 6.07) is 11.0. The van der Waals surface area contributed by atoms with Crippen LogP contribution in [0.2, 0.25) is 0 Å². The Hall–Kier alpha value is -2.60. The molecule has 0 saturated carbocycles. The highest BCUT2D eigenvalue weighted by molar-refractivity contribution is 5.95. The summed E-state index contributed by atoms with van der Waals surface area (Å²) in [4.78, 5) is 12.3. The molecule has 6 heteroatoms. The second kappa shape index (κ2) is 8.31. The van der Waals surface area contributed by atoms with Gasteiger partial charge in [-0.25, -0.2) is 4.39 Å². The highest BCUT2D eigenvalue weighted by atomic mass is 19.1. The molecule has 0 saturated heterocycles. The number of carbonyl (C=O) groups excluding carboxylic acids is 1. The third-order valence-corrected chi connectivity index (χ3v) is 3.57. The maximum absolute atomic E-state index is 13.3. The van der Waals surface area contributed by atoms with Gasteiger partial charge in [0.25, 0.3) is 5.91 Å². The van der Waals surface area contributed by atoms with Crippen molar-refractivity contribution in [1.82, 2.24) is 5.32 Å². The lowest BCUT2D eigenvalue weighted by molar-refractivity contribution is 0.0826. The van der Waals surface area contributed by atoms with Gasteiger partial charge in [0.15, 0.2) is 0 Å². The van der Waals surface area contributed by atoms with Gasteiger partial charge in [0.1, 0.15) is 17.3 Å². The van der Waals surface area contributed by atoms with E-state index in [1.54, 1.807) is 30.3 Å². The van der Waals surface area contributed by atoms with Gasteiger partial charge < -0.3 is 19.5 Å². The Kier molecular flexibility index (Phi) is 6.14. The Bertz CT molecular complexity index is 683. The third-order valence-electron chi connectivity index (χ3n) is 3.57. The standard InChI is InChI=1S/C18H20FNO4/c1-22-15-8-13(9-16(10-15)23-2)18(21)20-11-17(24-3)12-5-4-6-14(19)7-12/h4-10,17H,11H2,1-3H3,(H,20,21). The molecule has 1 N–H and O–H groups in total. The molecule has 0 heterocycles. The number of nitrogens with one attached hydrogen (secondary N) is 1. The van der Waals surface area contributed by atoms with Gasteiger partial charge in [-0.15, -0.1) is 0 Å². The van der Waals surface area contributed by atoms with Gasteiger partial charge >= 0.3 is 0 Å². The molecule has 1 unspecified atom stereocenters. The van der Waals surface area contributed by atoms with Crippen LogP contribution < -0.4 is 14.8 Å². The number of rotatable bonds is 7. The predicted octanol–water partition coefficient (Wildman–Crippen LogP) is 2.96. The van der Waals surface area contributed by atoms with E-state index in [1.807, 2.05) is 0 Å². The van der Waals surface area contributed by atoms with Crippen molar-refractivity contribution in [3.8, 4) is 11.5 Å². The first-order chi connectivity index (χ1) is 11.6. The fourth-order valence-electron chi connectivity index (χ4n) is 2.27. The van der Waals surface area contributed by atoms with Crippen LogP contribution in [-0.2, 0) is 4.74 Å². The molecule has 0 aliphatic carbocycles. The second-order valence-electron chi connectivity index (χ2n) is 5.09. The summed E-state index contributed by atoms with van der Waals surface area (Å²) in [5.41, 5.74) is 1.06. The van der Waals surface area contributed by atoms with Gasteiger partial charge in [0.2, 0.25) is 0 Å². The first-order valence-corrected chi connectivity index (χ1v) is 7.37. The average molecular weight is 333 g/mol. The molecule has 128 valence electrons. The zero-order valence-electron chi connectivity index (χ0n) is 13.8. The van der Waals surface area contributed by atoms with Gasteiger partial charge in [0, 0.05) is 25.3 Å². The van der Waals surface area contributed by atoms with Crippen molar-refractivity contribution >= 4 is 5.91 Å². The lowest BCUT2D eigenvalue weighted by atomic mass is 10.1. The molecule has 2 rings (SSSR count). The zero-order chi connectivity index (χ0) is 17.5. The smallest absolute Gasteiger partial charge is 0.251 e. The van der Waals surface area contributed by atoms with Crippen molar-refractivity contribution in [2.24, 2.45) is 0 Å². The van der Waals surface area contributed by atoms with E-state index >= 15 is 0 Å². The topological polar surface area (TPSA) is 56.8 Å². The Balaban J connectivity index is 2.09. The molecule has 0 bridgehead atoms. The number of ether oxygens (including phenoxy) is 3. The Morgan fingerprint density at radius 1 is 1.08 bits per heavy atom. The molecular weight excluding hydrogens is 313 g/mol. The van der Waals surface area contributed by atoms with Gasteiger partial charge in [0.05, 0.1) is 20.3 Å². The molecule has 1 atom stereocenters. The summed E-state index contributed by atoms with van der Waals surface area (Å²) in [7, 11) is 4.54. The second-order valence-corrected chi connectivity index (χ2v) is 5.09. The summed E-state index contributed by atoms with van der Waals surface area (Å²) in [6.07, 6.45) is -0.447. The number of carbonyl (C=O) groups is 1. The third kappa shape index (κ3) is 4.45. The summed E-state index contributed by atoms with van der Waals surface area (Å²) in [5, 5.41) is 2.77. The minimum absolute atomic E-state index is 0.207. The molecule has 0 radical (unpaired) electrons. The Labute approximate surface area is 140 Å². The summed E-state index contributed by atoms with van der Waals surface area (Å²) >= 11 is 0. The van der Waals surface area contributed by atoms with E-state index in [-0.39, 0.29) is 18.3 Å². The van der Waals surface area contributed by atoms with Crippen molar-refractivity contribution < 1.29 is 23.4 Å². The number of hydrogen-bond acceptors (Lipinski definition) is 4. The first kappa shape index (κ1) is 17.7. The van der Waals surface area contributed by atoms with Crippen molar-refractivity contribution in [3.05, 3.63) is 59.4 Å². The molecule has 24 heavy (non-hydrogen) atoms. The number of methoxy groups -OCH3 is 3. The molecule has 0 fully saturated rings. The number of benzene rings is 2. The molecule has 2 aromatic rings. The molecule has 2 aromatic carbocycles. The van der Waals surface area contributed by atoms with E-state index in [2.05, 4.69) is 5.32 Å². The van der Waals surface area contributed by atoms with E-state index < -0.39 is 6.10 Å². The van der Waals surface area contributed by atoms with Gasteiger partial charge in [-0.3, -0.25) is 4.79 Å². The van der Waals surface area contributed by atoms with Crippen LogP contribution >= 0.6 is 0 Å². The summed E-state index contributed by atoms with van der Waals surface area (Å²) in [6.45, 7) is 0.207. The summed E-state index contributed by atoms with van der Waals surface area (Å²) < 4.78 is 29.0. The van der Waals surface area contributed by atoms with Crippen LogP contribution in [0.3, 0.4) is 0 Å². The predicted molar refractivity (Wildman–Crippen MR) is 88.0 cm³/mol. The Morgan fingerprint density at radius 2 is 1.75 bits per heavy atom. The van der Waals surface area contributed by atoms with E-state index in [0.717, 1.165) is 0 Å². The van der Waals surface area contributed by atoms with Crippen LogP contribution in [-0.4, -0.2) is 33.8 Å². The normalized spacial score (nSPS) is 11.7. The fraction of sp³-hybridized carbons (Fsp3) is 0.278.